The molecule has 1 fully saturated rings. The Morgan fingerprint density at radius 2 is 2.11 bits per heavy atom. The van der Waals surface area contributed by atoms with Crippen LogP contribution in [-0.4, -0.2) is 31.1 Å². The van der Waals surface area contributed by atoms with Crippen LogP contribution in [-0.2, 0) is 0 Å². The first-order valence-electron chi connectivity index (χ1n) is 6.75. The summed E-state index contributed by atoms with van der Waals surface area (Å²) in [6.07, 6.45) is 2.40. The number of rotatable bonds is 3. The highest BCUT2D eigenvalue weighted by atomic mass is 35.5. The standard InChI is InChI=1S/C15H20ClN3/c1-11(12-5-7-19(2)8-6-12)18-15-9-14(16)4-3-13(15)10-17/h3-4,9,11-12,18H,5-8H2,1-2H3. The second-order valence-corrected chi connectivity index (χ2v) is 5.81. The molecule has 1 aliphatic heterocycles. The summed E-state index contributed by atoms with van der Waals surface area (Å²) >= 11 is 6.01. The van der Waals surface area contributed by atoms with E-state index < -0.39 is 0 Å². The maximum absolute atomic E-state index is 9.13. The van der Waals surface area contributed by atoms with Crippen molar-refractivity contribution in [3.63, 3.8) is 0 Å². The van der Waals surface area contributed by atoms with Gasteiger partial charge < -0.3 is 10.2 Å². The molecule has 1 aliphatic rings. The second kappa shape index (κ2) is 6.27. The normalized spacial score (nSPS) is 18.8. The van der Waals surface area contributed by atoms with E-state index in [1.807, 2.05) is 6.07 Å². The number of piperidine rings is 1. The highest BCUT2D eigenvalue weighted by Crippen LogP contribution is 2.26. The molecule has 0 bridgehead atoms. The highest BCUT2D eigenvalue weighted by Gasteiger charge is 2.22. The monoisotopic (exact) mass is 277 g/mol. The Morgan fingerprint density at radius 1 is 1.42 bits per heavy atom. The van der Waals surface area contributed by atoms with E-state index in [-0.39, 0.29) is 0 Å². The molecular weight excluding hydrogens is 258 g/mol. The Balaban J connectivity index is 2.04. The van der Waals surface area contributed by atoms with Crippen molar-refractivity contribution in [3.8, 4) is 6.07 Å². The molecule has 0 spiro atoms. The van der Waals surface area contributed by atoms with Crippen molar-refractivity contribution in [1.29, 1.82) is 5.26 Å². The number of benzene rings is 1. The lowest BCUT2D eigenvalue weighted by molar-refractivity contribution is 0.208. The van der Waals surface area contributed by atoms with Crippen molar-refractivity contribution >= 4 is 17.3 Å². The zero-order chi connectivity index (χ0) is 13.8. The molecule has 102 valence electrons. The van der Waals surface area contributed by atoms with E-state index >= 15 is 0 Å². The molecule has 0 radical (unpaired) electrons. The van der Waals surface area contributed by atoms with Crippen LogP contribution in [0.5, 0.6) is 0 Å². The van der Waals surface area contributed by atoms with Crippen molar-refractivity contribution < 1.29 is 0 Å². The SMILES string of the molecule is CC(Nc1cc(Cl)ccc1C#N)C1CCN(C)CC1. The van der Waals surface area contributed by atoms with Gasteiger partial charge in [-0.2, -0.15) is 5.26 Å². The van der Waals surface area contributed by atoms with E-state index in [1.165, 1.54) is 12.8 Å². The van der Waals surface area contributed by atoms with Crippen LogP contribution >= 0.6 is 11.6 Å². The fourth-order valence-corrected chi connectivity index (χ4v) is 2.80. The number of hydrogen-bond acceptors (Lipinski definition) is 3. The molecule has 19 heavy (non-hydrogen) atoms. The number of nitrogens with zero attached hydrogens (tertiary/aromatic N) is 2. The van der Waals surface area contributed by atoms with Crippen LogP contribution in [0.3, 0.4) is 0 Å². The number of halogens is 1. The number of likely N-dealkylation sites (tertiary alicyclic amines) is 1. The molecule has 1 saturated heterocycles. The Kier molecular flexibility index (Phi) is 4.68. The van der Waals surface area contributed by atoms with E-state index in [9.17, 15) is 0 Å². The van der Waals surface area contributed by atoms with E-state index in [1.54, 1.807) is 12.1 Å². The average Bonchev–Trinajstić information content (AvgIpc) is 2.39. The largest absolute Gasteiger partial charge is 0.381 e. The quantitative estimate of drug-likeness (QED) is 0.921. The van der Waals surface area contributed by atoms with Crippen molar-refractivity contribution in [2.45, 2.75) is 25.8 Å². The minimum Gasteiger partial charge on any atom is -0.381 e. The van der Waals surface area contributed by atoms with E-state index in [2.05, 4.69) is 30.3 Å². The first-order valence-corrected chi connectivity index (χ1v) is 7.12. The Labute approximate surface area is 120 Å². The van der Waals surface area contributed by atoms with Gasteiger partial charge in [0.2, 0.25) is 0 Å². The molecule has 1 aromatic rings. The summed E-state index contributed by atoms with van der Waals surface area (Å²) in [5, 5.41) is 13.3. The zero-order valence-corrected chi connectivity index (χ0v) is 12.2. The van der Waals surface area contributed by atoms with Gasteiger partial charge in [-0.3, -0.25) is 0 Å². The third kappa shape index (κ3) is 3.62. The minimum atomic E-state index is 0.360. The number of nitriles is 1. The van der Waals surface area contributed by atoms with E-state index in [0.29, 0.717) is 22.5 Å². The molecule has 1 N–H and O–H groups in total. The molecule has 1 atom stereocenters. The first kappa shape index (κ1) is 14.2. The Morgan fingerprint density at radius 3 is 2.74 bits per heavy atom. The lowest BCUT2D eigenvalue weighted by Crippen LogP contribution is -2.37. The molecule has 2 rings (SSSR count). The maximum atomic E-state index is 9.13. The fraction of sp³-hybridized carbons (Fsp3) is 0.533. The van der Waals surface area contributed by atoms with E-state index in [0.717, 1.165) is 18.8 Å². The maximum Gasteiger partial charge on any atom is 0.101 e. The third-order valence-corrected chi connectivity index (χ3v) is 4.19. The molecule has 4 heteroatoms. The number of anilines is 1. The molecule has 1 unspecified atom stereocenters. The third-order valence-electron chi connectivity index (χ3n) is 3.96. The van der Waals surface area contributed by atoms with Crippen LogP contribution in [0.1, 0.15) is 25.3 Å². The Hall–Kier alpha value is -1.24. The van der Waals surface area contributed by atoms with Gasteiger partial charge in [0.05, 0.1) is 11.3 Å². The smallest absolute Gasteiger partial charge is 0.101 e. The molecule has 1 aromatic carbocycles. The summed E-state index contributed by atoms with van der Waals surface area (Å²) in [5.41, 5.74) is 1.51. The van der Waals surface area contributed by atoms with Gasteiger partial charge in [-0.1, -0.05) is 11.6 Å². The molecule has 0 amide bonds. The van der Waals surface area contributed by atoms with Crippen LogP contribution in [0, 0.1) is 17.2 Å². The van der Waals surface area contributed by atoms with E-state index in [4.69, 9.17) is 16.9 Å². The van der Waals surface area contributed by atoms with Crippen LogP contribution in [0.4, 0.5) is 5.69 Å². The summed E-state index contributed by atoms with van der Waals surface area (Å²) in [6.45, 7) is 4.49. The molecular formula is C15H20ClN3. The van der Waals surface area contributed by atoms with Crippen molar-refractivity contribution in [1.82, 2.24) is 4.90 Å². The number of nitrogens with one attached hydrogen (secondary N) is 1. The van der Waals surface area contributed by atoms with Crippen molar-refractivity contribution in [3.05, 3.63) is 28.8 Å². The summed E-state index contributed by atoms with van der Waals surface area (Å²) in [7, 11) is 2.17. The molecule has 1 heterocycles. The summed E-state index contributed by atoms with van der Waals surface area (Å²) in [6, 6.07) is 7.93. The predicted octanol–water partition coefficient (Wildman–Crippen LogP) is 3.35. The number of hydrogen-bond donors (Lipinski definition) is 1. The topological polar surface area (TPSA) is 39.1 Å². The van der Waals surface area contributed by atoms with Gasteiger partial charge in [0, 0.05) is 11.1 Å². The van der Waals surface area contributed by atoms with Crippen LogP contribution in [0.25, 0.3) is 0 Å². The summed E-state index contributed by atoms with van der Waals surface area (Å²) < 4.78 is 0. The second-order valence-electron chi connectivity index (χ2n) is 5.38. The van der Waals surface area contributed by atoms with Crippen LogP contribution in [0.2, 0.25) is 5.02 Å². The summed E-state index contributed by atoms with van der Waals surface area (Å²) in [5.74, 6) is 0.654. The van der Waals surface area contributed by atoms with Crippen LogP contribution < -0.4 is 5.32 Å². The fourth-order valence-electron chi connectivity index (χ4n) is 2.63. The van der Waals surface area contributed by atoms with Crippen LogP contribution in [0.15, 0.2) is 18.2 Å². The first-order chi connectivity index (χ1) is 9.10. The Bertz CT molecular complexity index is 473. The van der Waals surface area contributed by atoms with Gasteiger partial charge in [0.25, 0.3) is 0 Å². The average molecular weight is 278 g/mol. The predicted molar refractivity (Wildman–Crippen MR) is 79.5 cm³/mol. The molecule has 3 nitrogen and oxygen atoms in total. The van der Waals surface area contributed by atoms with Crippen molar-refractivity contribution in [2.24, 2.45) is 5.92 Å². The molecule has 0 aromatic heterocycles. The molecule has 0 aliphatic carbocycles. The van der Waals surface area contributed by atoms with Crippen molar-refractivity contribution in [2.75, 3.05) is 25.5 Å². The van der Waals surface area contributed by atoms with Gasteiger partial charge in [-0.25, -0.2) is 0 Å². The summed E-state index contributed by atoms with van der Waals surface area (Å²) in [4.78, 5) is 2.36. The molecule has 0 saturated carbocycles. The lowest BCUT2D eigenvalue weighted by Gasteiger charge is -2.33. The van der Waals surface area contributed by atoms with Gasteiger partial charge >= 0.3 is 0 Å². The van der Waals surface area contributed by atoms with Gasteiger partial charge in [0.15, 0.2) is 0 Å². The van der Waals surface area contributed by atoms with Gasteiger partial charge in [-0.15, -0.1) is 0 Å². The van der Waals surface area contributed by atoms with Gasteiger partial charge in [0.1, 0.15) is 6.07 Å². The lowest BCUT2D eigenvalue weighted by atomic mass is 9.90. The van der Waals surface area contributed by atoms with Gasteiger partial charge in [-0.05, 0) is 64.0 Å². The highest BCUT2D eigenvalue weighted by molar-refractivity contribution is 6.30. The zero-order valence-electron chi connectivity index (χ0n) is 11.5. The minimum absolute atomic E-state index is 0.360.